The molecule has 0 aliphatic heterocycles. The highest BCUT2D eigenvalue weighted by atomic mass is 35.5. The summed E-state index contributed by atoms with van der Waals surface area (Å²) in [5.41, 5.74) is 1.04. The smallest absolute Gasteiger partial charge is 0.312 e. The van der Waals surface area contributed by atoms with E-state index in [-0.39, 0.29) is 16.5 Å². The van der Waals surface area contributed by atoms with E-state index in [1.165, 1.54) is 12.3 Å². The molecule has 7 heteroatoms. The van der Waals surface area contributed by atoms with Gasteiger partial charge in [-0.15, -0.1) is 11.3 Å². The van der Waals surface area contributed by atoms with Crippen molar-refractivity contribution in [2.45, 2.75) is 13.5 Å². The fourth-order valence-electron chi connectivity index (χ4n) is 1.45. The summed E-state index contributed by atoms with van der Waals surface area (Å²) in [7, 11) is 0. The zero-order chi connectivity index (χ0) is 13.1. The number of nitrogens with one attached hydrogen (secondary N) is 1. The van der Waals surface area contributed by atoms with E-state index in [0.29, 0.717) is 6.54 Å². The van der Waals surface area contributed by atoms with Crippen molar-refractivity contribution >= 4 is 34.4 Å². The number of anilines is 1. The monoisotopic (exact) mass is 283 g/mol. The fourth-order valence-corrected chi connectivity index (χ4v) is 2.45. The number of thiophene rings is 1. The molecule has 2 aromatic rings. The lowest BCUT2D eigenvalue weighted by molar-refractivity contribution is -0.384. The number of aryl methyl sites for hydroxylation is 1. The van der Waals surface area contributed by atoms with Crippen LogP contribution in [0.25, 0.3) is 0 Å². The molecule has 0 saturated carbocycles. The van der Waals surface area contributed by atoms with E-state index in [1.54, 1.807) is 11.3 Å². The van der Waals surface area contributed by atoms with Gasteiger partial charge in [0, 0.05) is 17.1 Å². The Morgan fingerprint density at radius 1 is 1.61 bits per heavy atom. The van der Waals surface area contributed by atoms with Crippen molar-refractivity contribution in [2.24, 2.45) is 0 Å². The van der Waals surface area contributed by atoms with Gasteiger partial charge in [0.15, 0.2) is 0 Å². The van der Waals surface area contributed by atoms with Gasteiger partial charge in [-0.05, 0) is 23.9 Å². The maximum Gasteiger partial charge on any atom is 0.312 e. The number of nitro groups is 1. The molecular weight excluding hydrogens is 274 g/mol. The molecule has 0 unspecified atom stereocenters. The molecule has 1 N–H and O–H groups in total. The van der Waals surface area contributed by atoms with Crippen molar-refractivity contribution < 1.29 is 4.92 Å². The van der Waals surface area contributed by atoms with Crippen LogP contribution in [0.1, 0.15) is 10.4 Å². The number of hydrogen-bond donors (Lipinski definition) is 1. The molecule has 0 aromatic carbocycles. The van der Waals surface area contributed by atoms with Crippen molar-refractivity contribution in [3.05, 3.63) is 49.3 Å². The molecule has 0 spiro atoms. The summed E-state index contributed by atoms with van der Waals surface area (Å²) in [6.07, 6.45) is 1.39. The first-order valence-electron chi connectivity index (χ1n) is 5.14. The predicted molar refractivity (Wildman–Crippen MR) is 72.3 cm³/mol. The third-order valence-electron chi connectivity index (χ3n) is 2.42. The minimum absolute atomic E-state index is 0.114. The van der Waals surface area contributed by atoms with Gasteiger partial charge in [-0.3, -0.25) is 10.1 Å². The van der Waals surface area contributed by atoms with Crippen LogP contribution in [-0.2, 0) is 6.54 Å². The Balaban J connectivity index is 2.19. The zero-order valence-electron chi connectivity index (χ0n) is 9.51. The highest BCUT2D eigenvalue weighted by Crippen LogP contribution is 2.26. The van der Waals surface area contributed by atoms with Gasteiger partial charge in [-0.25, -0.2) is 4.98 Å². The van der Waals surface area contributed by atoms with E-state index in [2.05, 4.69) is 10.3 Å². The minimum atomic E-state index is -0.498. The molecule has 2 heterocycles. The Labute approximate surface area is 113 Å². The van der Waals surface area contributed by atoms with Gasteiger partial charge >= 0.3 is 5.69 Å². The van der Waals surface area contributed by atoms with Crippen LogP contribution in [0.2, 0.25) is 5.02 Å². The molecule has 94 valence electrons. The first-order chi connectivity index (χ1) is 8.58. The summed E-state index contributed by atoms with van der Waals surface area (Å²) in [5.74, 6) is 0.234. The van der Waals surface area contributed by atoms with Gasteiger partial charge in [0.1, 0.15) is 0 Å². The molecule has 5 nitrogen and oxygen atoms in total. The average Bonchev–Trinajstić information content (AvgIpc) is 2.73. The fraction of sp³-hybridized carbons (Fsp3) is 0.182. The number of pyridine rings is 1. The number of nitrogens with zero attached hydrogens (tertiary/aromatic N) is 2. The van der Waals surface area contributed by atoms with E-state index in [9.17, 15) is 10.1 Å². The summed E-state index contributed by atoms with van der Waals surface area (Å²) in [6, 6.07) is 3.30. The summed E-state index contributed by atoms with van der Waals surface area (Å²) in [6.45, 7) is 2.51. The van der Waals surface area contributed by atoms with Crippen LogP contribution in [0.4, 0.5) is 11.5 Å². The molecule has 0 aliphatic carbocycles. The Morgan fingerprint density at radius 3 is 3.00 bits per heavy atom. The van der Waals surface area contributed by atoms with Crippen molar-refractivity contribution in [1.82, 2.24) is 4.98 Å². The number of halogens is 1. The van der Waals surface area contributed by atoms with Crippen molar-refractivity contribution in [3.8, 4) is 0 Å². The molecule has 0 bridgehead atoms. The van der Waals surface area contributed by atoms with E-state index in [0.717, 1.165) is 10.4 Å². The van der Waals surface area contributed by atoms with Crippen LogP contribution in [-0.4, -0.2) is 9.91 Å². The predicted octanol–water partition coefficient (Wildman–Crippen LogP) is 3.63. The van der Waals surface area contributed by atoms with E-state index >= 15 is 0 Å². The SMILES string of the molecule is Cc1ccsc1CNc1ncc(Cl)cc1[N+](=O)[O-]. The molecule has 18 heavy (non-hydrogen) atoms. The van der Waals surface area contributed by atoms with E-state index in [1.807, 2.05) is 18.4 Å². The first-order valence-corrected chi connectivity index (χ1v) is 6.40. The molecule has 0 fully saturated rings. The van der Waals surface area contributed by atoms with Crippen molar-refractivity contribution in [2.75, 3.05) is 5.32 Å². The molecule has 0 atom stereocenters. The van der Waals surface area contributed by atoms with Gasteiger partial charge in [-0.2, -0.15) is 0 Å². The minimum Gasteiger partial charge on any atom is -0.359 e. The van der Waals surface area contributed by atoms with E-state index in [4.69, 9.17) is 11.6 Å². The van der Waals surface area contributed by atoms with Crippen LogP contribution in [0.3, 0.4) is 0 Å². The Hall–Kier alpha value is -1.66. The second kappa shape index (κ2) is 5.32. The highest BCUT2D eigenvalue weighted by molar-refractivity contribution is 7.10. The molecular formula is C11H10ClN3O2S. The van der Waals surface area contributed by atoms with Gasteiger partial charge in [0.25, 0.3) is 0 Å². The Kier molecular flexibility index (Phi) is 3.78. The van der Waals surface area contributed by atoms with Crippen LogP contribution in [0, 0.1) is 17.0 Å². The van der Waals surface area contributed by atoms with Crippen LogP contribution >= 0.6 is 22.9 Å². The maximum absolute atomic E-state index is 10.9. The third-order valence-corrected chi connectivity index (χ3v) is 3.65. The van der Waals surface area contributed by atoms with Crippen molar-refractivity contribution in [3.63, 3.8) is 0 Å². The van der Waals surface area contributed by atoms with Gasteiger partial charge in [-0.1, -0.05) is 11.6 Å². The largest absolute Gasteiger partial charge is 0.359 e. The molecule has 0 radical (unpaired) electrons. The summed E-state index contributed by atoms with van der Waals surface area (Å²) in [4.78, 5) is 15.4. The first kappa shape index (κ1) is 12.8. The summed E-state index contributed by atoms with van der Waals surface area (Å²) < 4.78 is 0. The highest BCUT2D eigenvalue weighted by Gasteiger charge is 2.16. The molecule has 0 saturated heterocycles. The van der Waals surface area contributed by atoms with Crippen LogP contribution < -0.4 is 5.32 Å². The third kappa shape index (κ3) is 2.77. The molecule has 2 rings (SSSR count). The van der Waals surface area contributed by atoms with Crippen LogP contribution in [0.15, 0.2) is 23.7 Å². The summed E-state index contributed by atoms with van der Waals surface area (Å²) >= 11 is 7.29. The van der Waals surface area contributed by atoms with Crippen molar-refractivity contribution in [1.29, 1.82) is 0 Å². The lowest BCUT2D eigenvalue weighted by atomic mass is 10.3. The molecule has 0 aliphatic rings. The van der Waals surface area contributed by atoms with Crippen LogP contribution in [0.5, 0.6) is 0 Å². The lowest BCUT2D eigenvalue weighted by Gasteiger charge is -2.05. The zero-order valence-corrected chi connectivity index (χ0v) is 11.1. The molecule has 0 amide bonds. The number of hydrogen-bond acceptors (Lipinski definition) is 5. The Morgan fingerprint density at radius 2 is 2.39 bits per heavy atom. The van der Waals surface area contributed by atoms with E-state index < -0.39 is 4.92 Å². The lowest BCUT2D eigenvalue weighted by Crippen LogP contribution is -2.04. The summed E-state index contributed by atoms with van der Waals surface area (Å²) in [5, 5.41) is 16.1. The van der Waals surface area contributed by atoms with Gasteiger partial charge in [0.2, 0.25) is 5.82 Å². The number of aromatic nitrogens is 1. The molecule has 2 aromatic heterocycles. The van der Waals surface area contributed by atoms with Gasteiger partial charge in [0.05, 0.1) is 16.5 Å². The topological polar surface area (TPSA) is 68.1 Å². The normalized spacial score (nSPS) is 10.3. The second-order valence-corrected chi connectivity index (χ2v) is 5.10. The second-order valence-electron chi connectivity index (χ2n) is 3.66. The number of rotatable bonds is 4. The Bertz CT molecular complexity index is 585. The quantitative estimate of drug-likeness (QED) is 0.687. The standard InChI is InChI=1S/C11H10ClN3O2S/c1-7-2-3-18-10(7)6-14-11-9(15(16)17)4-8(12)5-13-11/h2-5H,6H2,1H3,(H,13,14). The van der Waals surface area contributed by atoms with Gasteiger partial charge < -0.3 is 5.32 Å². The maximum atomic E-state index is 10.9. The average molecular weight is 284 g/mol.